The number of rotatable bonds is 5. The van der Waals surface area contributed by atoms with Crippen molar-refractivity contribution in [3.63, 3.8) is 0 Å². The fourth-order valence-corrected chi connectivity index (χ4v) is 2.07. The van der Waals surface area contributed by atoms with Crippen LogP contribution in [0.3, 0.4) is 0 Å². The Balaban J connectivity index is 2.13. The number of nitrogens with zero attached hydrogens (tertiary/aromatic N) is 3. The number of hydrogen-bond donors (Lipinski definition) is 0. The zero-order chi connectivity index (χ0) is 13.7. The standard InChI is InChI=1S/C13H15N3O2S/c1-9(2)7-11(10-5-3-4-6-14-10)18-13(17)12-8-15-16-19-12/h3-6,8-9,11H,7H2,1-2H3/t11-/m1/s1. The van der Waals surface area contributed by atoms with Gasteiger partial charge in [0.2, 0.25) is 0 Å². The van der Waals surface area contributed by atoms with Gasteiger partial charge < -0.3 is 4.74 Å². The predicted octanol–water partition coefficient (Wildman–Crippen LogP) is 2.88. The van der Waals surface area contributed by atoms with Crippen LogP contribution < -0.4 is 0 Å². The number of carbonyl (C=O) groups excluding carboxylic acids is 1. The first-order valence-electron chi connectivity index (χ1n) is 6.06. The monoisotopic (exact) mass is 277 g/mol. The minimum absolute atomic E-state index is 0.337. The Morgan fingerprint density at radius 1 is 1.42 bits per heavy atom. The molecule has 0 bridgehead atoms. The summed E-state index contributed by atoms with van der Waals surface area (Å²) in [5, 5.41) is 3.64. The fraction of sp³-hybridized carbons (Fsp3) is 0.385. The van der Waals surface area contributed by atoms with Gasteiger partial charge in [-0.05, 0) is 36.0 Å². The zero-order valence-electron chi connectivity index (χ0n) is 10.8. The van der Waals surface area contributed by atoms with Gasteiger partial charge in [0.15, 0.2) is 4.88 Å². The SMILES string of the molecule is CC(C)C[C@@H](OC(=O)c1cnns1)c1ccccn1. The molecule has 1 atom stereocenters. The molecule has 0 aromatic carbocycles. The first kappa shape index (κ1) is 13.6. The van der Waals surface area contributed by atoms with Crippen molar-refractivity contribution in [1.29, 1.82) is 0 Å². The summed E-state index contributed by atoms with van der Waals surface area (Å²) in [4.78, 5) is 16.6. The van der Waals surface area contributed by atoms with Crippen molar-refractivity contribution in [1.82, 2.24) is 14.6 Å². The summed E-state index contributed by atoms with van der Waals surface area (Å²) < 4.78 is 9.18. The van der Waals surface area contributed by atoms with Crippen LogP contribution in [0.2, 0.25) is 0 Å². The highest BCUT2D eigenvalue weighted by molar-refractivity contribution is 7.07. The predicted molar refractivity (Wildman–Crippen MR) is 71.8 cm³/mol. The molecule has 6 heteroatoms. The third-order valence-electron chi connectivity index (χ3n) is 2.51. The summed E-state index contributed by atoms with van der Waals surface area (Å²) in [5.41, 5.74) is 0.766. The molecule has 2 heterocycles. The lowest BCUT2D eigenvalue weighted by atomic mass is 10.0. The summed E-state index contributed by atoms with van der Waals surface area (Å²) >= 11 is 1.03. The maximum absolute atomic E-state index is 12.0. The Kier molecular flexibility index (Phi) is 4.57. The molecule has 2 aromatic rings. The summed E-state index contributed by atoms with van der Waals surface area (Å²) in [7, 11) is 0. The number of carbonyl (C=O) groups is 1. The average Bonchev–Trinajstić information content (AvgIpc) is 2.92. The van der Waals surface area contributed by atoms with Crippen LogP contribution in [0, 0.1) is 5.92 Å². The lowest BCUT2D eigenvalue weighted by Gasteiger charge is -2.18. The smallest absolute Gasteiger partial charge is 0.352 e. The molecule has 0 radical (unpaired) electrons. The van der Waals surface area contributed by atoms with Crippen molar-refractivity contribution in [2.24, 2.45) is 5.92 Å². The molecule has 2 aromatic heterocycles. The number of ether oxygens (including phenoxy) is 1. The molecular weight excluding hydrogens is 262 g/mol. The van der Waals surface area contributed by atoms with Crippen LogP contribution in [-0.4, -0.2) is 20.5 Å². The van der Waals surface area contributed by atoms with Crippen LogP contribution in [0.4, 0.5) is 0 Å². The highest BCUT2D eigenvalue weighted by atomic mass is 32.1. The summed E-state index contributed by atoms with van der Waals surface area (Å²) in [6.07, 6.45) is 3.51. The van der Waals surface area contributed by atoms with Crippen molar-refractivity contribution in [2.45, 2.75) is 26.4 Å². The van der Waals surface area contributed by atoms with E-state index in [1.165, 1.54) is 6.20 Å². The maximum Gasteiger partial charge on any atom is 0.352 e. The van der Waals surface area contributed by atoms with Crippen molar-refractivity contribution in [3.8, 4) is 0 Å². The number of esters is 1. The molecule has 0 spiro atoms. The Hall–Kier alpha value is -1.82. The van der Waals surface area contributed by atoms with Gasteiger partial charge >= 0.3 is 5.97 Å². The highest BCUT2D eigenvalue weighted by Crippen LogP contribution is 2.25. The van der Waals surface area contributed by atoms with Gasteiger partial charge in [0, 0.05) is 6.20 Å². The van der Waals surface area contributed by atoms with E-state index in [-0.39, 0.29) is 6.10 Å². The van der Waals surface area contributed by atoms with E-state index in [0.717, 1.165) is 23.6 Å². The molecular formula is C13H15N3O2S. The number of hydrogen-bond acceptors (Lipinski definition) is 6. The minimum atomic E-state index is -0.397. The number of aromatic nitrogens is 3. The van der Waals surface area contributed by atoms with Crippen molar-refractivity contribution in [3.05, 3.63) is 41.2 Å². The van der Waals surface area contributed by atoms with E-state index in [1.54, 1.807) is 6.20 Å². The molecule has 0 N–H and O–H groups in total. The van der Waals surface area contributed by atoms with E-state index in [4.69, 9.17) is 4.74 Å². The van der Waals surface area contributed by atoms with E-state index in [9.17, 15) is 4.79 Å². The fourth-order valence-electron chi connectivity index (χ4n) is 1.67. The molecule has 0 aliphatic heterocycles. The topological polar surface area (TPSA) is 65.0 Å². The van der Waals surface area contributed by atoms with Gasteiger partial charge in [-0.2, -0.15) is 0 Å². The van der Waals surface area contributed by atoms with Crippen molar-refractivity contribution in [2.75, 3.05) is 0 Å². The normalized spacial score (nSPS) is 12.4. The van der Waals surface area contributed by atoms with Gasteiger partial charge in [0.1, 0.15) is 6.10 Å². The van der Waals surface area contributed by atoms with Crippen LogP contribution in [0.1, 0.15) is 41.7 Å². The van der Waals surface area contributed by atoms with Gasteiger partial charge in [0.05, 0.1) is 11.9 Å². The van der Waals surface area contributed by atoms with Gasteiger partial charge in [-0.3, -0.25) is 4.98 Å². The van der Waals surface area contributed by atoms with Gasteiger partial charge in [-0.15, -0.1) is 5.10 Å². The van der Waals surface area contributed by atoms with Gasteiger partial charge in [-0.25, -0.2) is 4.79 Å². The van der Waals surface area contributed by atoms with Crippen molar-refractivity contribution >= 4 is 17.5 Å². The lowest BCUT2D eigenvalue weighted by molar-refractivity contribution is 0.0242. The average molecular weight is 277 g/mol. The van der Waals surface area contributed by atoms with E-state index in [1.807, 2.05) is 18.2 Å². The highest BCUT2D eigenvalue weighted by Gasteiger charge is 2.21. The van der Waals surface area contributed by atoms with Crippen LogP contribution in [0.5, 0.6) is 0 Å². The summed E-state index contributed by atoms with van der Waals surface area (Å²) in [5.74, 6) is 0.00527. The van der Waals surface area contributed by atoms with Crippen LogP contribution in [-0.2, 0) is 4.74 Å². The molecule has 0 aliphatic carbocycles. The Labute approximate surface area is 115 Å². The quantitative estimate of drug-likeness (QED) is 0.786. The maximum atomic E-state index is 12.0. The van der Waals surface area contributed by atoms with E-state index in [2.05, 4.69) is 28.4 Å². The second-order valence-electron chi connectivity index (χ2n) is 4.56. The van der Waals surface area contributed by atoms with Crippen LogP contribution in [0.25, 0.3) is 0 Å². The van der Waals surface area contributed by atoms with Crippen LogP contribution >= 0.6 is 11.5 Å². The van der Waals surface area contributed by atoms with E-state index in [0.29, 0.717) is 10.8 Å². The Morgan fingerprint density at radius 3 is 2.84 bits per heavy atom. The second kappa shape index (κ2) is 6.38. The molecule has 0 unspecified atom stereocenters. The first-order chi connectivity index (χ1) is 9.16. The zero-order valence-corrected chi connectivity index (χ0v) is 11.6. The molecule has 0 amide bonds. The lowest BCUT2D eigenvalue weighted by Crippen LogP contribution is -2.14. The molecule has 19 heavy (non-hydrogen) atoms. The molecule has 2 rings (SSSR count). The molecule has 0 saturated heterocycles. The Bertz CT molecular complexity index is 514. The molecule has 0 fully saturated rings. The second-order valence-corrected chi connectivity index (χ2v) is 5.35. The van der Waals surface area contributed by atoms with Crippen LogP contribution in [0.15, 0.2) is 30.6 Å². The third-order valence-corrected chi connectivity index (χ3v) is 3.16. The summed E-state index contributed by atoms with van der Waals surface area (Å²) in [6.45, 7) is 4.16. The minimum Gasteiger partial charge on any atom is -0.452 e. The third kappa shape index (κ3) is 3.82. The largest absolute Gasteiger partial charge is 0.452 e. The summed E-state index contributed by atoms with van der Waals surface area (Å²) in [6, 6.07) is 5.59. The molecule has 100 valence electrons. The molecule has 0 aliphatic rings. The first-order valence-corrected chi connectivity index (χ1v) is 6.83. The Morgan fingerprint density at radius 2 is 2.26 bits per heavy atom. The van der Waals surface area contributed by atoms with Crippen molar-refractivity contribution < 1.29 is 9.53 Å². The molecule has 5 nitrogen and oxygen atoms in total. The van der Waals surface area contributed by atoms with Gasteiger partial charge in [-0.1, -0.05) is 24.4 Å². The molecule has 0 saturated carbocycles. The van der Waals surface area contributed by atoms with Gasteiger partial charge in [0.25, 0.3) is 0 Å². The number of pyridine rings is 1. The van der Waals surface area contributed by atoms with E-state index >= 15 is 0 Å². The van der Waals surface area contributed by atoms with E-state index < -0.39 is 5.97 Å².